The summed E-state index contributed by atoms with van der Waals surface area (Å²) < 4.78 is 0.862. The van der Waals surface area contributed by atoms with Crippen LogP contribution in [0.2, 0.25) is 0 Å². The molecule has 0 heterocycles. The fourth-order valence-corrected chi connectivity index (χ4v) is 2.21. The van der Waals surface area contributed by atoms with Gasteiger partial charge >= 0.3 is 6.03 Å². The van der Waals surface area contributed by atoms with E-state index in [0.717, 1.165) is 28.6 Å². The average molecular weight is 313 g/mol. The van der Waals surface area contributed by atoms with Crippen LogP contribution in [0.25, 0.3) is 0 Å². The van der Waals surface area contributed by atoms with Gasteiger partial charge in [-0.3, -0.25) is 0 Å². The van der Waals surface area contributed by atoms with Crippen LogP contribution in [0.3, 0.4) is 0 Å². The van der Waals surface area contributed by atoms with Crippen LogP contribution in [0.4, 0.5) is 10.5 Å². The minimum atomic E-state index is -0.141. The third kappa shape index (κ3) is 3.23. The summed E-state index contributed by atoms with van der Waals surface area (Å²) in [7, 11) is 0. The number of halogens is 1. The van der Waals surface area contributed by atoms with Gasteiger partial charge in [0.25, 0.3) is 0 Å². The number of aryl methyl sites for hydroxylation is 1. The van der Waals surface area contributed by atoms with Crippen molar-refractivity contribution < 1.29 is 9.90 Å². The normalized spacial score (nSPS) is 14.4. The quantitative estimate of drug-likeness (QED) is 0.898. The van der Waals surface area contributed by atoms with E-state index in [9.17, 15) is 4.79 Å². The lowest BCUT2D eigenvalue weighted by Gasteiger charge is -2.22. The summed E-state index contributed by atoms with van der Waals surface area (Å²) in [4.78, 5) is 13.8. The SMILES string of the molecule is Cc1ccc(Br)c(NC(=O)N(CCO)C2CC2)c1. The number of aliphatic hydroxyl groups is 1. The van der Waals surface area contributed by atoms with E-state index in [4.69, 9.17) is 5.11 Å². The molecule has 2 N–H and O–H groups in total. The van der Waals surface area contributed by atoms with Crippen molar-refractivity contribution in [2.45, 2.75) is 25.8 Å². The zero-order valence-corrected chi connectivity index (χ0v) is 11.9. The molecule has 0 aliphatic heterocycles. The number of carbonyl (C=O) groups excluding carboxylic acids is 1. The summed E-state index contributed by atoms with van der Waals surface area (Å²) in [6, 6.07) is 5.97. The molecule has 1 saturated carbocycles. The van der Waals surface area contributed by atoms with Crippen LogP contribution in [0.5, 0.6) is 0 Å². The maximum absolute atomic E-state index is 12.1. The number of nitrogens with zero attached hydrogens (tertiary/aromatic N) is 1. The number of nitrogens with one attached hydrogen (secondary N) is 1. The van der Waals surface area contributed by atoms with Crippen molar-refractivity contribution in [2.24, 2.45) is 0 Å². The molecule has 0 atom stereocenters. The van der Waals surface area contributed by atoms with Gasteiger partial charge in [-0.2, -0.15) is 0 Å². The summed E-state index contributed by atoms with van der Waals surface area (Å²) in [5.41, 5.74) is 1.86. The summed E-state index contributed by atoms with van der Waals surface area (Å²) in [5, 5.41) is 11.9. The van der Waals surface area contributed by atoms with E-state index in [-0.39, 0.29) is 12.6 Å². The van der Waals surface area contributed by atoms with Gasteiger partial charge in [-0.15, -0.1) is 0 Å². The number of benzene rings is 1. The zero-order valence-electron chi connectivity index (χ0n) is 10.3. The Balaban J connectivity index is 2.07. The Labute approximate surface area is 115 Å². The van der Waals surface area contributed by atoms with Gasteiger partial charge in [-0.1, -0.05) is 6.07 Å². The molecule has 2 rings (SSSR count). The maximum atomic E-state index is 12.1. The number of hydrogen-bond acceptors (Lipinski definition) is 2. The highest BCUT2D eigenvalue weighted by Crippen LogP contribution is 2.28. The van der Waals surface area contributed by atoms with Crippen LogP contribution in [-0.4, -0.2) is 35.2 Å². The summed E-state index contributed by atoms with van der Waals surface area (Å²) in [6.07, 6.45) is 2.06. The van der Waals surface area contributed by atoms with E-state index in [1.165, 1.54) is 0 Å². The molecular formula is C13H17BrN2O2. The molecule has 0 saturated heterocycles. The van der Waals surface area contributed by atoms with Crippen LogP contribution >= 0.6 is 15.9 Å². The Bertz CT molecular complexity index is 447. The Morgan fingerprint density at radius 1 is 1.56 bits per heavy atom. The van der Waals surface area contributed by atoms with Crippen molar-refractivity contribution >= 4 is 27.6 Å². The largest absolute Gasteiger partial charge is 0.395 e. The highest BCUT2D eigenvalue weighted by molar-refractivity contribution is 9.10. The highest BCUT2D eigenvalue weighted by atomic mass is 79.9. The molecule has 98 valence electrons. The zero-order chi connectivity index (χ0) is 13.1. The van der Waals surface area contributed by atoms with Gasteiger partial charge in [0, 0.05) is 17.1 Å². The molecule has 1 fully saturated rings. The standard InChI is InChI=1S/C13H17BrN2O2/c1-9-2-5-11(14)12(8-9)15-13(18)16(6-7-17)10-3-4-10/h2,5,8,10,17H,3-4,6-7H2,1H3,(H,15,18). The summed E-state index contributed by atoms with van der Waals surface area (Å²) >= 11 is 3.42. The number of anilines is 1. The van der Waals surface area contributed by atoms with Crippen molar-refractivity contribution in [3.63, 3.8) is 0 Å². The van der Waals surface area contributed by atoms with Crippen molar-refractivity contribution in [3.05, 3.63) is 28.2 Å². The molecule has 1 aliphatic carbocycles. The van der Waals surface area contributed by atoms with Crippen LogP contribution in [0.1, 0.15) is 18.4 Å². The lowest BCUT2D eigenvalue weighted by atomic mass is 10.2. The van der Waals surface area contributed by atoms with E-state index in [2.05, 4.69) is 21.2 Å². The number of aliphatic hydroxyl groups excluding tert-OH is 1. The molecular weight excluding hydrogens is 296 g/mol. The predicted octanol–water partition coefficient (Wildman–Crippen LogP) is 2.75. The molecule has 18 heavy (non-hydrogen) atoms. The molecule has 0 spiro atoms. The fourth-order valence-electron chi connectivity index (χ4n) is 1.87. The Morgan fingerprint density at radius 2 is 2.28 bits per heavy atom. The van der Waals surface area contributed by atoms with E-state index in [1.54, 1.807) is 4.90 Å². The molecule has 5 heteroatoms. The van der Waals surface area contributed by atoms with E-state index >= 15 is 0 Å². The first-order valence-electron chi connectivity index (χ1n) is 6.06. The topological polar surface area (TPSA) is 52.6 Å². The fraction of sp³-hybridized carbons (Fsp3) is 0.462. The number of rotatable bonds is 4. The van der Waals surface area contributed by atoms with Gasteiger partial charge in [-0.25, -0.2) is 4.79 Å². The lowest BCUT2D eigenvalue weighted by Crippen LogP contribution is -2.38. The second kappa shape index (κ2) is 5.71. The lowest BCUT2D eigenvalue weighted by molar-refractivity contribution is 0.185. The molecule has 1 aromatic rings. The minimum absolute atomic E-state index is 0.00108. The number of hydrogen-bond donors (Lipinski definition) is 2. The van der Waals surface area contributed by atoms with Gasteiger partial charge in [0.15, 0.2) is 0 Å². The van der Waals surface area contributed by atoms with Crippen molar-refractivity contribution in [1.29, 1.82) is 0 Å². The monoisotopic (exact) mass is 312 g/mol. The van der Waals surface area contributed by atoms with E-state index < -0.39 is 0 Å². The second-order valence-electron chi connectivity index (χ2n) is 4.56. The maximum Gasteiger partial charge on any atom is 0.322 e. The smallest absolute Gasteiger partial charge is 0.322 e. The van der Waals surface area contributed by atoms with Gasteiger partial charge in [0.1, 0.15) is 0 Å². The molecule has 0 bridgehead atoms. The minimum Gasteiger partial charge on any atom is -0.395 e. The number of amides is 2. The van der Waals surface area contributed by atoms with Crippen molar-refractivity contribution in [1.82, 2.24) is 4.90 Å². The molecule has 4 nitrogen and oxygen atoms in total. The Hall–Kier alpha value is -1.07. The van der Waals surface area contributed by atoms with Crippen LogP contribution < -0.4 is 5.32 Å². The van der Waals surface area contributed by atoms with Crippen LogP contribution in [0, 0.1) is 6.92 Å². The molecule has 0 unspecified atom stereocenters. The van der Waals surface area contributed by atoms with Crippen molar-refractivity contribution in [3.8, 4) is 0 Å². The van der Waals surface area contributed by atoms with Crippen LogP contribution in [-0.2, 0) is 0 Å². The third-order valence-corrected chi connectivity index (χ3v) is 3.64. The number of urea groups is 1. The Morgan fingerprint density at radius 3 is 2.89 bits per heavy atom. The second-order valence-corrected chi connectivity index (χ2v) is 5.42. The van der Waals surface area contributed by atoms with Gasteiger partial charge in [0.2, 0.25) is 0 Å². The third-order valence-electron chi connectivity index (χ3n) is 2.95. The highest BCUT2D eigenvalue weighted by Gasteiger charge is 2.32. The summed E-state index contributed by atoms with van der Waals surface area (Å²) in [6.45, 7) is 2.37. The average Bonchev–Trinajstić information content (AvgIpc) is 3.14. The van der Waals surface area contributed by atoms with E-state index in [1.807, 2.05) is 25.1 Å². The first kappa shape index (κ1) is 13.4. The molecule has 1 aliphatic rings. The van der Waals surface area contributed by atoms with Gasteiger partial charge in [0.05, 0.1) is 12.3 Å². The molecule has 2 amide bonds. The number of carbonyl (C=O) groups is 1. The van der Waals surface area contributed by atoms with Gasteiger partial charge in [-0.05, 0) is 53.4 Å². The van der Waals surface area contributed by atoms with Crippen molar-refractivity contribution in [2.75, 3.05) is 18.5 Å². The molecule has 0 aromatic heterocycles. The molecule has 0 radical (unpaired) electrons. The summed E-state index contributed by atoms with van der Waals surface area (Å²) in [5.74, 6) is 0. The Kier molecular flexibility index (Phi) is 4.24. The molecule has 1 aromatic carbocycles. The van der Waals surface area contributed by atoms with Crippen LogP contribution in [0.15, 0.2) is 22.7 Å². The first-order valence-corrected chi connectivity index (χ1v) is 6.85. The van der Waals surface area contributed by atoms with E-state index in [0.29, 0.717) is 12.6 Å². The predicted molar refractivity (Wildman–Crippen MR) is 74.7 cm³/mol. The first-order chi connectivity index (χ1) is 8.61. The van der Waals surface area contributed by atoms with Gasteiger partial charge < -0.3 is 15.3 Å².